The largest absolute Gasteiger partial charge is 1.00 e. The predicted octanol–water partition coefficient (Wildman–Crippen LogP) is -1.09. The third-order valence-electron chi connectivity index (χ3n) is 3.10. The number of aryl methyl sites for hydroxylation is 1. The van der Waals surface area contributed by atoms with Crippen molar-refractivity contribution in [3.8, 4) is 0 Å². The van der Waals surface area contributed by atoms with Crippen LogP contribution >= 0.6 is 15.9 Å². The minimum absolute atomic E-state index is 0. The number of hydrogen-bond acceptors (Lipinski definition) is 3. The summed E-state index contributed by atoms with van der Waals surface area (Å²) in [5, 5.41) is 7.99. The molecule has 0 N–H and O–H groups in total. The number of pyridine rings is 1. The molecule has 0 amide bonds. The van der Waals surface area contributed by atoms with Crippen LogP contribution in [0.1, 0.15) is 10.4 Å². The van der Waals surface area contributed by atoms with Crippen LogP contribution in [0.5, 0.6) is 0 Å². The number of ketones is 1. The fourth-order valence-electron chi connectivity index (χ4n) is 2.02. The molecule has 108 valence electrons. The summed E-state index contributed by atoms with van der Waals surface area (Å²) < 4.78 is 4.49. The van der Waals surface area contributed by atoms with Crippen molar-refractivity contribution in [3.05, 3.63) is 52.8 Å². The molecule has 3 aromatic rings. The first-order valence-corrected chi connectivity index (χ1v) is 6.90. The van der Waals surface area contributed by atoms with Crippen LogP contribution in [0.15, 0.2) is 47.2 Å². The predicted molar refractivity (Wildman–Crippen MR) is 77.2 cm³/mol. The molecular formula is C14H12Br2N4O. The van der Waals surface area contributed by atoms with E-state index in [0.717, 1.165) is 15.5 Å². The van der Waals surface area contributed by atoms with E-state index in [1.807, 2.05) is 54.3 Å². The van der Waals surface area contributed by atoms with Crippen LogP contribution in [0.2, 0.25) is 0 Å². The number of benzene rings is 1. The van der Waals surface area contributed by atoms with E-state index < -0.39 is 0 Å². The Labute approximate surface area is 140 Å². The van der Waals surface area contributed by atoms with Gasteiger partial charge in [0.05, 0.1) is 0 Å². The molecule has 7 heteroatoms. The quantitative estimate of drug-likeness (QED) is 0.406. The molecule has 0 radical (unpaired) electrons. The molecular weight excluding hydrogens is 400 g/mol. The monoisotopic (exact) mass is 410 g/mol. The van der Waals surface area contributed by atoms with Crippen molar-refractivity contribution in [3.63, 3.8) is 0 Å². The normalized spacial score (nSPS) is 10.4. The van der Waals surface area contributed by atoms with Crippen LogP contribution < -0.4 is 21.5 Å². The minimum atomic E-state index is 0. The molecule has 3 rings (SSSR count). The van der Waals surface area contributed by atoms with Crippen molar-refractivity contribution in [1.82, 2.24) is 15.0 Å². The van der Waals surface area contributed by atoms with Gasteiger partial charge in [-0.15, -0.1) is 5.10 Å². The molecule has 0 aliphatic rings. The fourth-order valence-corrected chi connectivity index (χ4v) is 2.29. The van der Waals surface area contributed by atoms with Crippen molar-refractivity contribution in [2.24, 2.45) is 7.05 Å². The molecule has 0 saturated carbocycles. The fraction of sp³-hybridized carbons (Fsp3) is 0.143. The molecule has 0 fully saturated rings. The number of fused-ring (bicyclic) bond motifs is 1. The van der Waals surface area contributed by atoms with Crippen LogP contribution in [0.25, 0.3) is 11.0 Å². The second kappa shape index (κ2) is 6.44. The van der Waals surface area contributed by atoms with Gasteiger partial charge >= 0.3 is 0 Å². The van der Waals surface area contributed by atoms with Crippen molar-refractivity contribution >= 4 is 32.7 Å². The van der Waals surface area contributed by atoms with Crippen LogP contribution in [0.4, 0.5) is 0 Å². The number of nitrogens with zero attached hydrogens (tertiary/aromatic N) is 4. The van der Waals surface area contributed by atoms with E-state index in [1.54, 1.807) is 4.68 Å². The Morgan fingerprint density at radius 3 is 2.71 bits per heavy atom. The molecule has 1 aromatic carbocycles. The smallest absolute Gasteiger partial charge is 0.227 e. The van der Waals surface area contributed by atoms with E-state index in [4.69, 9.17) is 0 Å². The van der Waals surface area contributed by atoms with Crippen LogP contribution in [0.3, 0.4) is 0 Å². The highest BCUT2D eigenvalue weighted by Crippen LogP contribution is 2.11. The maximum absolute atomic E-state index is 12.2. The van der Waals surface area contributed by atoms with Gasteiger partial charge in [-0.1, -0.05) is 33.3 Å². The van der Waals surface area contributed by atoms with Crippen LogP contribution in [-0.2, 0) is 13.6 Å². The number of rotatable bonds is 3. The Balaban J connectivity index is 0.00000161. The number of aromatic nitrogens is 4. The minimum Gasteiger partial charge on any atom is -1.00 e. The molecule has 5 nitrogen and oxygen atoms in total. The van der Waals surface area contributed by atoms with E-state index in [2.05, 4.69) is 26.2 Å². The first-order chi connectivity index (χ1) is 9.63. The molecule has 0 atom stereocenters. The van der Waals surface area contributed by atoms with Gasteiger partial charge in [0.25, 0.3) is 0 Å². The molecule has 0 saturated heterocycles. The van der Waals surface area contributed by atoms with Gasteiger partial charge in [-0.3, -0.25) is 4.79 Å². The highest BCUT2D eigenvalue weighted by Gasteiger charge is 2.14. The topological polar surface area (TPSA) is 51.7 Å². The van der Waals surface area contributed by atoms with Crippen molar-refractivity contribution in [1.29, 1.82) is 0 Å². The maximum atomic E-state index is 12.2. The summed E-state index contributed by atoms with van der Waals surface area (Å²) in [6, 6.07) is 9.26. The summed E-state index contributed by atoms with van der Waals surface area (Å²) in [5.74, 6) is 0.0609. The van der Waals surface area contributed by atoms with Crippen molar-refractivity contribution in [2.45, 2.75) is 6.54 Å². The standard InChI is InChI=1S/C14H12BrN4O.BrH/c1-18-13-6-7-19(8-12(13)16-17-18)9-14(20)10-2-4-11(15)5-3-10;/h2-8H,9H2,1H3;1H/q+1;/p-1. The number of hydrogen-bond donors (Lipinski definition) is 0. The molecule has 0 aliphatic carbocycles. The second-order valence-electron chi connectivity index (χ2n) is 4.53. The van der Waals surface area contributed by atoms with Gasteiger partial charge < -0.3 is 17.0 Å². The summed E-state index contributed by atoms with van der Waals surface area (Å²) in [4.78, 5) is 12.2. The van der Waals surface area contributed by atoms with Gasteiger partial charge in [0, 0.05) is 23.2 Å². The molecule has 0 bridgehead atoms. The molecule has 0 aliphatic heterocycles. The lowest BCUT2D eigenvalue weighted by Crippen LogP contribution is -3.00. The number of carbonyl (C=O) groups excluding carboxylic acids is 1. The van der Waals surface area contributed by atoms with Crippen molar-refractivity contribution < 1.29 is 26.3 Å². The van der Waals surface area contributed by atoms with E-state index in [9.17, 15) is 4.79 Å². The van der Waals surface area contributed by atoms with Crippen LogP contribution in [0, 0.1) is 0 Å². The van der Waals surface area contributed by atoms with E-state index >= 15 is 0 Å². The van der Waals surface area contributed by atoms with Gasteiger partial charge in [-0.2, -0.15) is 4.57 Å². The summed E-state index contributed by atoms with van der Waals surface area (Å²) in [7, 11) is 1.84. The average Bonchev–Trinajstić information content (AvgIpc) is 2.81. The van der Waals surface area contributed by atoms with Gasteiger partial charge in [-0.25, -0.2) is 4.68 Å². The lowest BCUT2D eigenvalue weighted by atomic mass is 10.1. The number of Topliss-reactive ketones (excluding diaryl/α,β-unsaturated/α-hetero) is 1. The lowest BCUT2D eigenvalue weighted by molar-refractivity contribution is -0.681. The van der Waals surface area contributed by atoms with Crippen molar-refractivity contribution in [2.75, 3.05) is 0 Å². The molecule has 2 heterocycles. The third kappa shape index (κ3) is 3.36. The summed E-state index contributed by atoms with van der Waals surface area (Å²) in [5.41, 5.74) is 2.41. The first kappa shape index (κ1) is 15.8. The average molecular weight is 412 g/mol. The zero-order valence-corrected chi connectivity index (χ0v) is 14.4. The summed E-state index contributed by atoms with van der Waals surface area (Å²) in [6.07, 6.45) is 3.70. The zero-order valence-electron chi connectivity index (χ0n) is 11.2. The lowest BCUT2D eigenvalue weighted by Gasteiger charge is -1.99. The maximum Gasteiger partial charge on any atom is 0.227 e. The second-order valence-corrected chi connectivity index (χ2v) is 5.45. The van der Waals surface area contributed by atoms with Gasteiger partial charge in [0.1, 0.15) is 5.52 Å². The Morgan fingerprint density at radius 2 is 2.00 bits per heavy atom. The zero-order chi connectivity index (χ0) is 14.1. The van der Waals surface area contributed by atoms with Gasteiger partial charge in [0.15, 0.2) is 17.9 Å². The Bertz CT molecular complexity index is 783. The van der Waals surface area contributed by atoms with E-state index in [1.165, 1.54) is 0 Å². The van der Waals surface area contributed by atoms with Gasteiger partial charge in [0.2, 0.25) is 12.3 Å². The third-order valence-corrected chi connectivity index (χ3v) is 3.63. The highest BCUT2D eigenvalue weighted by molar-refractivity contribution is 9.10. The Morgan fingerprint density at radius 1 is 1.29 bits per heavy atom. The Hall–Kier alpha value is -1.60. The van der Waals surface area contributed by atoms with E-state index in [0.29, 0.717) is 5.56 Å². The van der Waals surface area contributed by atoms with E-state index in [-0.39, 0.29) is 29.3 Å². The first-order valence-electron chi connectivity index (χ1n) is 6.11. The van der Waals surface area contributed by atoms with Crippen LogP contribution in [-0.4, -0.2) is 20.8 Å². The molecule has 0 spiro atoms. The molecule has 21 heavy (non-hydrogen) atoms. The molecule has 0 unspecified atom stereocenters. The molecule has 2 aromatic heterocycles. The summed E-state index contributed by atoms with van der Waals surface area (Å²) in [6.45, 7) is 0.286. The Kier molecular flexibility index (Phi) is 4.84. The SMILES string of the molecule is Cn1nnc2c[n+](CC(=O)c3ccc(Br)cc3)ccc21.[Br-]. The highest BCUT2D eigenvalue weighted by atomic mass is 79.9. The number of halogens is 2. The summed E-state index contributed by atoms with van der Waals surface area (Å²) >= 11 is 3.36. The number of carbonyl (C=O) groups is 1. The van der Waals surface area contributed by atoms with Gasteiger partial charge in [-0.05, 0) is 12.1 Å².